The minimum atomic E-state index is -0.864. The van der Waals surface area contributed by atoms with Crippen LogP contribution in [0.1, 0.15) is 24.2 Å². The molecule has 0 spiro atoms. The normalized spacial score (nSPS) is 11.2. The Balaban J connectivity index is 2.09. The Morgan fingerprint density at radius 3 is 2.62 bits per heavy atom. The Bertz CT molecular complexity index is 967. The zero-order valence-electron chi connectivity index (χ0n) is 14.6. The van der Waals surface area contributed by atoms with Crippen molar-refractivity contribution in [3.05, 3.63) is 53.7 Å². The first-order valence-corrected chi connectivity index (χ1v) is 8.10. The topological polar surface area (TPSA) is 53.3 Å². The van der Waals surface area contributed by atoms with E-state index < -0.39 is 17.6 Å². The first-order chi connectivity index (χ1) is 12.4. The summed E-state index contributed by atoms with van der Waals surface area (Å²) in [5.74, 6) is -1.92. The van der Waals surface area contributed by atoms with Crippen molar-refractivity contribution in [2.45, 2.75) is 20.4 Å². The third kappa shape index (κ3) is 3.51. The van der Waals surface area contributed by atoms with Crippen LogP contribution in [0.15, 0.2) is 36.5 Å². The molecule has 0 unspecified atom stereocenters. The van der Waals surface area contributed by atoms with Gasteiger partial charge in [0.2, 0.25) is 0 Å². The molecule has 1 heterocycles. The second kappa shape index (κ2) is 7.11. The number of hydrogen-bond acceptors (Lipinski definition) is 4. The number of hydrogen-bond donors (Lipinski definition) is 0. The second-order valence-electron chi connectivity index (χ2n) is 6.30. The maximum Gasteiger partial charge on any atom is 0.341 e. The van der Waals surface area contributed by atoms with Gasteiger partial charge >= 0.3 is 5.97 Å². The number of carbonyl (C=O) groups is 1. The average Bonchev–Trinajstić information content (AvgIpc) is 2.97. The summed E-state index contributed by atoms with van der Waals surface area (Å²) in [7, 11) is 1.25. The summed E-state index contributed by atoms with van der Waals surface area (Å²) in [5.41, 5.74) is 0.875. The largest absolute Gasteiger partial charge is 0.465 e. The van der Waals surface area contributed by atoms with E-state index in [0.717, 1.165) is 23.0 Å². The van der Waals surface area contributed by atoms with E-state index in [1.807, 2.05) is 0 Å². The monoisotopic (exact) mass is 360 g/mol. The molecule has 0 amide bonds. The Morgan fingerprint density at radius 1 is 1.19 bits per heavy atom. The van der Waals surface area contributed by atoms with E-state index in [1.54, 1.807) is 23.0 Å². The lowest BCUT2D eigenvalue weighted by Gasteiger charge is -2.12. The van der Waals surface area contributed by atoms with Crippen LogP contribution in [-0.4, -0.2) is 22.9 Å². The predicted octanol–water partition coefficient (Wildman–Crippen LogP) is 4.55. The number of aromatic nitrogens is 2. The van der Waals surface area contributed by atoms with Crippen molar-refractivity contribution in [1.82, 2.24) is 9.78 Å². The molecule has 3 rings (SSSR count). The molecule has 0 bridgehead atoms. The summed E-state index contributed by atoms with van der Waals surface area (Å²) in [5, 5.41) is 5.06. The van der Waals surface area contributed by atoms with Crippen molar-refractivity contribution in [3.8, 4) is 11.5 Å². The van der Waals surface area contributed by atoms with Crippen LogP contribution in [0.25, 0.3) is 10.9 Å². The van der Waals surface area contributed by atoms with Gasteiger partial charge in [-0.25, -0.2) is 13.6 Å². The number of benzene rings is 2. The minimum Gasteiger partial charge on any atom is -0.465 e. The molecular weight excluding hydrogens is 342 g/mol. The van der Waals surface area contributed by atoms with Crippen molar-refractivity contribution in [2.75, 3.05) is 7.11 Å². The maximum absolute atomic E-state index is 13.9. The number of nitrogens with zero attached hydrogens (tertiary/aromatic N) is 2. The van der Waals surface area contributed by atoms with Gasteiger partial charge in [-0.05, 0) is 30.2 Å². The van der Waals surface area contributed by atoms with Crippen molar-refractivity contribution in [2.24, 2.45) is 5.92 Å². The lowest BCUT2D eigenvalue weighted by atomic mass is 10.1. The lowest BCUT2D eigenvalue weighted by Crippen LogP contribution is -2.08. The van der Waals surface area contributed by atoms with Crippen LogP contribution >= 0.6 is 0 Å². The molecule has 0 aliphatic heterocycles. The lowest BCUT2D eigenvalue weighted by molar-refractivity contribution is 0.0598. The van der Waals surface area contributed by atoms with E-state index in [-0.39, 0.29) is 17.1 Å². The molecule has 3 aromatic rings. The third-order valence-electron chi connectivity index (χ3n) is 3.80. The van der Waals surface area contributed by atoms with Crippen molar-refractivity contribution in [1.29, 1.82) is 0 Å². The number of carbonyl (C=O) groups excluding carboxylic acids is 1. The molecule has 2 aromatic carbocycles. The predicted molar refractivity (Wildman–Crippen MR) is 92.3 cm³/mol. The Morgan fingerprint density at radius 2 is 1.96 bits per heavy atom. The van der Waals surface area contributed by atoms with Gasteiger partial charge in [0, 0.05) is 18.0 Å². The Kier molecular flexibility index (Phi) is 4.88. The van der Waals surface area contributed by atoms with Gasteiger partial charge in [0.1, 0.15) is 17.1 Å². The van der Waals surface area contributed by atoms with E-state index in [2.05, 4.69) is 18.9 Å². The summed E-state index contributed by atoms with van der Waals surface area (Å²) >= 11 is 0. The SMILES string of the molecule is COC(=O)c1cc2c(cnn2CC(C)C)cc1Oc1ccc(F)cc1F. The zero-order valence-corrected chi connectivity index (χ0v) is 14.6. The van der Waals surface area contributed by atoms with Crippen molar-refractivity contribution < 1.29 is 23.0 Å². The zero-order chi connectivity index (χ0) is 18.8. The van der Waals surface area contributed by atoms with Crippen LogP contribution in [0, 0.1) is 17.6 Å². The molecule has 0 radical (unpaired) electrons. The highest BCUT2D eigenvalue weighted by Crippen LogP contribution is 2.32. The maximum atomic E-state index is 13.9. The highest BCUT2D eigenvalue weighted by atomic mass is 19.1. The Labute approximate surface area is 149 Å². The summed E-state index contributed by atoms with van der Waals surface area (Å²) in [6.45, 7) is 4.80. The van der Waals surface area contributed by atoms with Gasteiger partial charge < -0.3 is 9.47 Å². The highest BCUT2D eigenvalue weighted by molar-refractivity contribution is 5.97. The number of esters is 1. The first-order valence-electron chi connectivity index (χ1n) is 8.10. The molecule has 136 valence electrons. The van der Waals surface area contributed by atoms with Gasteiger partial charge in [-0.15, -0.1) is 0 Å². The quantitative estimate of drug-likeness (QED) is 0.627. The molecule has 0 atom stereocenters. The molecule has 5 nitrogen and oxygen atoms in total. The van der Waals surface area contributed by atoms with Crippen LogP contribution in [0.3, 0.4) is 0 Å². The van der Waals surface area contributed by atoms with E-state index in [1.165, 1.54) is 7.11 Å². The van der Waals surface area contributed by atoms with Gasteiger partial charge in [-0.2, -0.15) is 5.10 Å². The van der Waals surface area contributed by atoms with E-state index in [9.17, 15) is 13.6 Å². The van der Waals surface area contributed by atoms with Crippen LogP contribution < -0.4 is 4.74 Å². The van der Waals surface area contributed by atoms with Crippen LogP contribution in [0.2, 0.25) is 0 Å². The van der Waals surface area contributed by atoms with Crippen molar-refractivity contribution >= 4 is 16.9 Å². The van der Waals surface area contributed by atoms with Crippen molar-refractivity contribution in [3.63, 3.8) is 0 Å². The third-order valence-corrected chi connectivity index (χ3v) is 3.80. The molecule has 0 N–H and O–H groups in total. The number of methoxy groups -OCH3 is 1. The molecule has 0 aliphatic carbocycles. The minimum absolute atomic E-state index is 0.110. The Hall–Kier alpha value is -2.96. The van der Waals surface area contributed by atoms with Gasteiger partial charge in [0.15, 0.2) is 11.6 Å². The van der Waals surface area contributed by atoms with E-state index >= 15 is 0 Å². The summed E-state index contributed by atoms with van der Waals surface area (Å²) < 4.78 is 39.1. The van der Waals surface area contributed by atoms with Gasteiger partial charge in [-0.1, -0.05) is 13.8 Å². The summed E-state index contributed by atoms with van der Waals surface area (Å²) in [6.07, 6.45) is 1.65. The molecule has 0 fully saturated rings. The van der Waals surface area contributed by atoms with Crippen LogP contribution in [0.5, 0.6) is 11.5 Å². The number of halogens is 2. The molecule has 0 aliphatic rings. The standard InChI is InChI=1S/C19H18F2N2O3/c1-11(2)10-23-16-8-14(19(24)25-3)18(6-12(16)9-22-23)26-17-5-4-13(20)7-15(17)21/h4-9,11H,10H2,1-3H3. The molecule has 7 heteroatoms. The number of rotatable bonds is 5. The van der Waals surface area contributed by atoms with Gasteiger partial charge in [-0.3, -0.25) is 4.68 Å². The fourth-order valence-electron chi connectivity index (χ4n) is 2.63. The molecule has 0 saturated carbocycles. The summed E-state index contributed by atoms with van der Waals surface area (Å²) in [4.78, 5) is 12.2. The number of fused-ring (bicyclic) bond motifs is 1. The molecular formula is C19H18F2N2O3. The second-order valence-corrected chi connectivity index (χ2v) is 6.30. The van der Waals surface area contributed by atoms with Gasteiger partial charge in [0.05, 0.1) is 18.8 Å². The van der Waals surface area contributed by atoms with Gasteiger partial charge in [0.25, 0.3) is 0 Å². The fourth-order valence-corrected chi connectivity index (χ4v) is 2.63. The number of ether oxygens (including phenoxy) is 2. The van der Waals surface area contributed by atoms with Crippen LogP contribution in [-0.2, 0) is 11.3 Å². The highest BCUT2D eigenvalue weighted by Gasteiger charge is 2.19. The van der Waals surface area contributed by atoms with E-state index in [0.29, 0.717) is 18.5 Å². The molecule has 1 aromatic heterocycles. The average molecular weight is 360 g/mol. The fraction of sp³-hybridized carbons (Fsp3) is 0.263. The smallest absolute Gasteiger partial charge is 0.341 e. The first kappa shape index (κ1) is 17.8. The van der Waals surface area contributed by atoms with Crippen LogP contribution in [0.4, 0.5) is 8.78 Å². The molecule has 26 heavy (non-hydrogen) atoms. The molecule has 0 saturated heterocycles. The summed E-state index contributed by atoms with van der Waals surface area (Å²) in [6, 6.07) is 6.15. The van der Waals surface area contributed by atoms with E-state index in [4.69, 9.17) is 9.47 Å².